The van der Waals surface area contributed by atoms with Gasteiger partial charge in [-0.25, -0.2) is 4.79 Å². The van der Waals surface area contributed by atoms with Crippen LogP contribution in [-0.2, 0) is 4.74 Å². The molecule has 4 heteroatoms. The summed E-state index contributed by atoms with van der Waals surface area (Å²) in [5.74, 6) is -0.420. The van der Waals surface area contributed by atoms with Crippen molar-refractivity contribution in [3.8, 4) is 0 Å². The molecule has 1 rings (SSSR count). The van der Waals surface area contributed by atoms with E-state index in [-0.39, 0.29) is 6.61 Å². The smallest absolute Gasteiger partial charge is 0.338 e. The summed E-state index contributed by atoms with van der Waals surface area (Å²) in [6.45, 7) is 0.0824. The molecule has 0 atom stereocenters. The van der Waals surface area contributed by atoms with Crippen molar-refractivity contribution < 1.29 is 14.6 Å². The molecule has 3 N–H and O–H groups in total. The van der Waals surface area contributed by atoms with Crippen molar-refractivity contribution in [1.29, 1.82) is 0 Å². The van der Waals surface area contributed by atoms with Crippen molar-refractivity contribution in [1.82, 2.24) is 0 Å². The number of methoxy groups -OCH3 is 1. The zero-order valence-corrected chi connectivity index (χ0v) is 9.14. The minimum Gasteiger partial charge on any atom is -0.465 e. The summed E-state index contributed by atoms with van der Waals surface area (Å²) < 4.78 is 4.66. The monoisotopic (exact) mass is 221 g/mol. The summed E-state index contributed by atoms with van der Waals surface area (Å²) in [5.41, 5.74) is 7.28. The molecule has 1 aromatic carbocycles. The summed E-state index contributed by atoms with van der Waals surface area (Å²) >= 11 is 0. The lowest BCUT2D eigenvalue weighted by atomic mass is 10.1. The highest BCUT2D eigenvalue weighted by Crippen LogP contribution is 2.16. The lowest BCUT2D eigenvalue weighted by molar-refractivity contribution is 0.0600. The van der Waals surface area contributed by atoms with Gasteiger partial charge < -0.3 is 15.6 Å². The van der Waals surface area contributed by atoms with Crippen LogP contribution in [-0.4, -0.2) is 24.8 Å². The average molecular weight is 221 g/mol. The predicted molar refractivity (Wildman–Crippen MR) is 62.9 cm³/mol. The average Bonchev–Trinajstić information content (AvgIpc) is 2.30. The number of esters is 1. The minimum absolute atomic E-state index is 0.0824. The molecule has 0 spiro atoms. The number of hydrogen-bond acceptors (Lipinski definition) is 4. The fourth-order valence-electron chi connectivity index (χ4n) is 1.29. The second-order valence-electron chi connectivity index (χ2n) is 3.25. The molecule has 0 radical (unpaired) electrons. The fourth-order valence-corrected chi connectivity index (χ4v) is 1.29. The van der Waals surface area contributed by atoms with Crippen LogP contribution in [0.1, 0.15) is 22.3 Å². The number of carbonyl (C=O) groups is 1. The molecule has 0 aliphatic carbocycles. The van der Waals surface area contributed by atoms with Gasteiger partial charge in [0, 0.05) is 12.3 Å². The van der Waals surface area contributed by atoms with Gasteiger partial charge in [-0.3, -0.25) is 0 Å². The lowest BCUT2D eigenvalue weighted by Gasteiger charge is -2.05. The zero-order valence-electron chi connectivity index (χ0n) is 9.14. The fraction of sp³-hybridized carbons (Fsp3) is 0.250. The van der Waals surface area contributed by atoms with E-state index in [0.717, 1.165) is 5.56 Å². The number of nitrogens with two attached hydrogens (primary N) is 1. The maximum Gasteiger partial charge on any atom is 0.338 e. The summed E-state index contributed by atoms with van der Waals surface area (Å²) in [6.07, 6.45) is 4.10. The van der Waals surface area contributed by atoms with E-state index in [2.05, 4.69) is 4.74 Å². The maximum absolute atomic E-state index is 11.5. The molecule has 0 saturated carbocycles. The van der Waals surface area contributed by atoms with Crippen LogP contribution in [0.5, 0.6) is 0 Å². The highest BCUT2D eigenvalue weighted by Gasteiger charge is 2.09. The van der Waals surface area contributed by atoms with E-state index in [1.165, 1.54) is 7.11 Å². The molecule has 0 unspecified atom stereocenters. The Hall–Kier alpha value is -1.81. The number of rotatable bonds is 4. The first-order valence-corrected chi connectivity index (χ1v) is 4.94. The van der Waals surface area contributed by atoms with E-state index in [1.54, 1.807) is 30.4 Å². The molecular formula is C12H15NO3. The molecule has 4 nitrogen and oxygen atoms in total. The minimum atomic E-state index is -0.420. The SMILES string of the molecule is COC(=O)c1cc(N)ccc1C=CCCO. The van der Waals surface area contributed by atoms with Crippen molar-refractivity contribution in [3.63, 3.8) is 0 Å². The quantitative estimate of drug-likeness (QED) is 0.596. The number of nitrogen functional groups attached to an aromatic ring is 1. The first kappa shape index (κ1) is 12.3. The number of anilines is 1. The topological polar surface area (TPSA) is 72.5 Å². The van der Waals surface area contributed by atoms with Crippen LogP contribution < -0.4 is 5.73 Å². The van der Waals surface area contributed by atoms with Gasteiger partial charge in [-0.1, -0.05) is 18.2 Å². The molecule has 1 aromatic rings. The molecule has 86 valence electrons. The Balaban J connectivity index is 3.02. The van der Waals surface area contributed by atoms with E-state index in [4.69, 9.17) is 10.8 Å². The van der Waals surface area contributed by atoms with Crippen LogP contribution in [0.4, 0.5) is 5.69 Å². The Bertz CT molecular complexity index is 399. The summed E-state index contributed by atoms with van der Waals surface area (Å²) in [4.78, 5) is 11.5. The van der Waals surface area contributed by atoms with Crippen LogP contribution in [0.25, 0.3) is 6.08 Å². The standard InChI is InChI=1S/C12H15NO3/c1-16-12(15)11-8-10(13)6-5-9(11)4-2-3-7-14/h2,4-6,8,14H,3,7,13H2,1H3. The van der Waals surface area contributed by atoms with Crippen LogP contribution in [0.2, 0.25) is 0 Å². The van der Waals surface area contributed by atoms with Gasteiger partial charge in [-0.2, -0.15) is 0 Å². The largest absolute Gasteiger partial charge is 0.465 e. The molecule has 0 bridgehead atoms. The van der Waals surface area contributed by atoms with Crippen LogP contribution in [0.3, 0.4) is 0 Å². The Morgan fingerprint density at radius 2 is 2.31 bits per heavy atom. The number of aliphatic hydroxyl groups excluding tert-OH is 1. The van der Waals surface area contributed by atoms with Crippen molar-refractivity contribution in [3.05, 3.63) is 35.4 Å². The number of carbonyl (C=O) groups excluding carboxylic acids is 1. The van der Waals surface area contributed by atoms with E-state index < -0.39 is 5.97 Å². The van der Waals surface area contributed by atoms with Crippen molar-refractivity contribution in [2.45, 2.75) is 6.42 Å². The molecule has 16 heavy (non-hydrogen) atoms. The van der Waals surface area contributed by atoms with Gasteiger partial charge in [0.05, 0.1) is 12.7 Å². The third-order valence-corrected chi connectivity index (χ3v) is 2.08. The van der Waals surface area contributed by atoms with Crippen molar-refractivity contribution in [2.24, 2.45) is 0 Å². The normalized spacial score (nSPS) is 10.6. The molecule has 0 heterocycles. The predicted octanol–water partition coefficient (Wildman–Crippen LogP) is 1.45. The van der Waals surface area contributed by atoms with Crippen molar-refractivity contribution >= 4 is 17.7 Å². The van der Waals surface area contributed by atoms with Crippen LogP contribution >= 0.6 is 0 Å². The van der Waals surface area contributed by atoms with Gasteiger partial charge in [0.15, 0.2) is 0 Å². The van der Waals surface area contributed by atoms with E-state index in [9.17, 15) is 4.79 Å². The van der Waals surface area contributed by atoms with E-state index in [1.807, 2.05) is 0 Å². The molecule has 0 aromatic heterocycles. The van der Waals surface area contributed by atoms with Crippen molar-refractivity contribution in [2.75, 3.05) is 19.5 Å². The van der Waals surface area contributed by atoms with Gasteiger partial charge in [-0.05, 0) is 24.1 Å². The summed E-state index contributed by atoms with van der Waals surface area (Å²) in [6, 6.07) is 5.03. The number of hydrogen-bond donors (Lipinski definition) is 2. The summed E-state index contributed by atoms with van der Waals surface area (Å²) in [7, 11) is 1.33. The molecular weight excluding hydrogens is 206 g/mol. The molecule has 0 fully saturated rings. The van der Waals surface area contributed by atoms with Gasteiger partial charge in [-0.15, -0.1) is 0 Å². The first-order valence-electron chi connectivity index (χ1n) is 4.94. The number of benzene rings is 1. The van der Waals surface area contributed by atoms with Gasteiger partial charge in [0.1, 0.15) is 0 Å². The Morgan fingerprint density at radius 3 is 2.94 bits per heavy atom. The van der Waals surface area contributed by atoms with Crippen LogP contribution in [0, 0.1) is 0 Å². The lowest BCUT2D eigenvalue weighted by Crippen LogP contribution is -2.04. The van der Waals surface area contributed by atoms with E-state index in [0.29, 0.717) is 17.7 Å². The molecule has 0 saturated heterocycles. The third kappa shape index (κ3) is 3.10. The summed E-state index contributed by atoms with van der Waals surface area (Å²) in [5, 5.41) is 8.65. The number of aliphatic hydroxyl groups is 1. The first-order chi connectivity index (χ1) is 7.69. The van der Waals surface area contributed by atoms with E-state index >= 15 is 0 Å². The maximum atomic E-state index is 11.5. The third-order valence-electron chi connectivity index (χ3n) is 2.08. The second-order valence-corrected chi connectivity index (χ2v) is 3.25. The number of ether oxygens (including phenoxy) is 1. The molecule has 0 aliphatic rings. The Labute approximate surface area is 94.3 Å². The van der Waals surface area contributed by atoms with Gasteiger partial charge in [0.25, 0.3) is 0 Å². The highest BCUT2D eigenvalue weighted by atomic mass is 16.5. The second kappa shape index (κ2) is 5.92. The highest BCUT2D eigenvalue weighted by molar-refractivity contribution is 5.94. The zero-order chi connectivity index (χ0) is 12.0. The Morgan fingerprint density at radius 1 is 1.56 bits per heavy atom. The van der Waals surface area contributed by atoms with Crippen LogP contribution in [0.15, 0.2) is 24.3 Å². The molecule has 0 amide bonds. The molecule has 0 aliphatic heterocycles. The van der Waals surface area contributed by atoms with Gasteiger partial charge >= 0.3 is 5.97 Å². The van der Waals surface area contributed by atoms with Gasteiger partial charge in [0.2, 0.25) is 0 Å². The Kier molecular flexibility index (Phi) is 4.54.